The number of carbonyl (C=O) groups excluding carboxylic acids is 2. The average Bonchev–Trinajstić information content (AvgIpc) is 3.46. The van der Waals surface area contributed by atoms with Crippen LogP contribution in [0, 0.1) is 11.8 Å². The lowest BCUT2D eigenvalue weighted by Crippen LogP contribution is -2.37. The first-order valence-corrected chi connectivity index (χ1v) is 12.5. The summed E-state index contributed by atoms with van der Waals surface area (Å²) in [4.78, 5) is 27.0. The van der Waals surface area contributed by atoms with Crippen LogP contribution in [0.3, 0.4) is 0 Å². The zero-order valence-corrected chi connectivity index (χ0v) is 20.4. The first-order chi connectivity index (χ1) is 15.9. The van der Waals surface area contributed by atoms with Crippen molar-refractivity contribution in [2.75, 3.05) is 0 Å². The fourth-order valence-electron chi connectivity index (χ4n) is 5.46. The number of rotatable bonds is 8. The fourth-order valence-corrected chi connectivity index (χ4v) is 5.46. The molecule has 0 aromatic carbocycles. The molecule has 4 atom stereocenters. The average molecular weight is 449 g/mol. The second kappa shape index (κ2) is 9.32. The Morgan fingerprint density at radius 3 is 1.58 bits per heavy atom. The molecule has 2 bridgehead atoms. The lowest BCUT2D eigenvalue weighted by Gasteiger charge is -2.33. The molecule has 33 heavy (non-hydrogen) atoms. The third-order valence-electron chi connectivity index (χ3n) is 7.65. The van der Waals surface area contributed by atoms with Crippen molar-refractivity contribution < 1.29 is 19.1 Å². The van der Waals surface area contributed by atoms with E-state index < -0.39 is 11.2 Å². The lowest BCUT2D eigenvalue weighted by molar-refractivity contribution is -0.154. The van der Waals surface area contributed by atoms with Crippen LogP contribution in [-0.4, -0.2) is 23.1 Å². The first kappa shape index (κ1) is 23.5. The summed E-state index contributed by atoms with van der Waals surface area (Å²) in [6.07, 6.45) is 21.9. The Kier molecular flexibility index (Phi) is 6.65. The quantitative estimate of drug-likeness (QED) is 0.316. The van der Waals surface area contributed by atoms with E-state index in [1.54, 1.807) is 0 Å². The molecule has 4 heteroatoms. The van der Waals surface area contributed by atoms with E-state index in [1.807, 2.05) is 26.0 Å². The Morgan fingerprint density at radius 2 is 1.21 bits per heavy atom. The van der Waals surface area contributed by atoms with Crippen LogP contribution in [0.1, 0.15) is 72.6 Å². The summed E-state index contributed by atoms with van der Waals surface area (Å²) in [6, 6.07) is 0. The Bertz CT molecular complexity index is 927. The van der Waals surface area contributed by atoms with Crippen molar-refractivity contribution in [2.45, 2.75) is 83.8 Å². The van der Waals surface area contributed by atoms with Crippen LogP contribution in [0.5, 0.6) is 0 Å². The second-order valence-electron chi connectivity index (χ2n) is 9.64. The number of carbonyl (C=O) groups is 2. The summed E-state index contributed by atoms with van der Waals surface area (Å²) >= 11 is 0. The number of hydrogen-bond donors (Lipinski definition) is 0. The molecule has 0 amide bonds. The van der Waals surface area contributed by atoms with Gasteiger partial charge in [-0.25, -0.2) is 9.59 Å². The number of hydrogen-bond acceptors (Lipinski definition) is 4. The van der Waals surface area contributed by atoms with Crippen molar-refractivity contribution in [3.8, 4) is 0 Å². The maximum Gasteiger partial charge on any atom is 0.336 e. The first-order valence-electron chi connectivity index (χ1n) is 12.5. The monoisotopic (exact) mass is 448 g/mol. The van der Waals surface area contributed by atoms with Crippen molar-refractivity contribution in [3.63, 3.8) is 0 Å². The van der Waals surface area contributed by atoms with E-state index in [1.165, 1.54) is 11.1 Å². The highest BCUT2D eigenvalue weighted by Crippen LogP contribution is 2.46. The van der Waals surface area contributed by atoms with Gasteiger partial charge in [0.1, 0.15) is 11.2 Å². The molecule has 0 aliphatic heterocycles. The van der Waals surface area contributed by atoms with Gasteiger partial charge in [0.15, 0.2) is 0 Å². The summed E-state index contributed by atoms with van der Waals surface area (Å²) in [5.74, 6) is -0.889. The molecule has 0 N–H and O–H groups in total. The standard InChI is InChI=1S/C29H36O4/c1-5-20-11-9-15-28(7-3,18-20)32-26(30)24-22-13-14-23(17-22)25(24)27(31)33-29(8-4)16-10-12-21(6-2)19-29/h9-14,18-19,22-23H,5-8,15-17H2,1-4H3. The van der Waals surface area contributed by atoms with Crippen molar-refractivity contribution in [2.24, 2.45) is 11.8 Å². The molecule has 4 rings (SSSR count). The topological polar surface area (TPSA) is 52.6 Å². The van der Waals surface area contributed by atoms with Gasteiger partial charge in [-0.05, 0) is 55.4 Å². The van der Waals surface area contributed by atoms with Gasteiger partial charge in [0.05, 0.1) is 11.1 Å². The van der Waals surface area contributed by atoms with Crippen LogP contribution in [-0.2, 0) is 19.1 Å². The van der Waals surface area contributed by atoms with E-state index in [0.717, 1.165) is 19.3 Å². The maximum atomic E-state index is 13.5. The molecular weight excluding hydrogens is 412 g/mol. The SMILES string of the molecule is CCC1=CC(CC)(OC(=O)C2=C(C(=O)OC3(CC)C=C(CC)C=CC3)C3C=CC2C3)CC=C1. The Morgan fingerprint density at radius 1 is 0.788 bits per heavy atom. The molecule has 0 heterocycles. The van der Waals surface area contributed by atoms with Gasteiger partial charge < -0.3 is 9.47 Å². The predicted molar refractivity (Wildman–Crippen MR) is 130 cm³/mol. The molecular formula is C29H36O4. The molecule has 0 radical (unpaired) electrons. The highest BCUT2D eigenvalue weighted by molar-refractivity contribution is 6.03. The van der Waals surface area contributed by atoms with Crippen LogP contribution in [0.2, 0.25) is 0 Å². The summed E-state index contributed by atoms with van der Waals surface area (Å²) in [6.45, 7) is 8.28. The molecule has 4 nitrogen and oxygen atoms in total. The summed E-state index contributed by atoms with van der Waals surface area (Å²) < 4.78 is 12.3. The normalized spacial score (nSPS) is 32.1. The lowest BCUT2D eigenvalue weighted by atomic mass is 9.87. The fraction of sp³-hybridized carbons (Fsp3) is 0.517. The number of ether oxygens (including phenoxy) is 2. The summed E-state index contributed by atoms with van der Waals surface area (Å²) in [7, 11) is 0. The van der Waals surface area contributed by atoms with Crippen LogP contribution < -0.4 is 0 Å². The van der Waals surface area contributed by atoms with Gasteiger partial charge in [-0.1, -0.05) is 64.2 Å². The molecule has 0 saturated carbocycles. The van der Waals surface area contributed by atoms with E-state index in [2.05, 4.69) is 50.3 Å². The minimum absolute atomic E-state index is 0.0710. The second-order valence-corrected chi connectivity index (χ2v) is 9.64. The molecule has 4 aliphatic carbocycles. The minimum Gasteiger partial charge on any atom is -0.451 e. The Hall–Kier alpha value is -2.62. The zero-order valence-electron chi connectivity index (χ0n) is 20.4. The summed E-state index contributed by atoms with van der Waals surface area (Å²) in [5, 5.41) is 0. The van der Waals surface area contributed by atoms with E-state index in [0.29, 0.717) is 36.8 Å². The maximum absolute atomic E-state index is 13.5. The van der Waals surface area contributed by atoms with Gasteiger partial charge in [0.2, 0.25) is 0 Å². The van der Waals surface area contributed by atoms with Crippen LogP contribution in [0.25, 0.3) is 0 Å². The predicted octanol–water partition coefficient (Wildman–Crippen LogP) is 6.47. The molecule has 176 valence electrons. The van der Waals surface area contributed by atoms with Gasteiger partial charge in [-0.15, -0.1) is 0 Å². The number of allylic oxidation sites excluding steroid dienone is 6. The molecule has 0 fully saturated rings. The third-order valence-corrected chi connectivity index (χ3v) is 7.65. The van der Waals surface area contributed by atoms with Crippen LogP contribution in [0.4, 0.5) is 0 Å². The highest BCUT2D eigenvalue weighted by Gasteiger charge is 2.46. The van der Waals surface area contributed by atoms with E-state index in [-0.39, 0.29) is 23.8 Å². The molecule has 0 saturated heterocycles. The van der Waals surface area contributed by atoms with E-state index >= 15 is 0 Å². The van der Waals surface area contributed by atoms with E-state index in [4.69, 9.17) is 9.47 Å². The van der Waals surface area contributed by atoms with Gasteiger partial charge >= 0.3 is 11.9 Å². The van der Waals surface area contributed by atoms with Gasteiger partial charge in [-0.2, -0.15) is 0 Å². The van der Waals surface area contributed by atoms with Crippen molar-refractivity contribution >= 4 is 11.9 Å². The smallest absolute Gasteiger partial charge is 0.336 e. The Balaban J connectivity index is 1.61. The molecule has 4 unspecified atom stereocenters. The molecule has 0 aromatic heterocycles. The van der Waals surface area contributed by atoms with Crippen molar-refractivity contribution in [3.05, 3.63) is 70.9 Å². The minimum atomic E-state index is -0.650. The molecule has 0 spiro atoms. The van der Waals surface area contributed by atoms with Crippen molar-refractivity contribution in [1.29, 1.82) is 0 Å². The third kappa shape index (κ3) is 4.45. The molecule has 4 aliphatic rings. The van der Waals surface area contributed by atoms with Crippen LogP contribution in [0.15, 0.2) is 70.9 Å². The van der Waals surface area contributed by atoms with E-state index in [9.17, 15) is 9.59 Å². The number of fused-ring (bicyclic) bond motifs is 2. The van der Waals surface area contributed by atoms with Gasteiger partial charge in [0, 0.05) is 24.7 Å². The van der Waals surface area contributed by atoms with Gasteiger partial charge in [0.25, 0.3) is 0 Å². The largest absolute Gasteiger partial charge is 0.451 e. The number of esters is 2. The Labute approximate surface area is 197 Å². The zero-order chi connectivity index (χ0) is 23.6. The molecule has 0 aromatic rings. The van der Waals surface area contributed by atoms with Crippen molar-refractivity contribution in [1.82, 2.24) is 0 Å². The summed E-state index contributed by atoms with van der Waals surface area (Å²) in [5.41, 5.74) is 2.04. The van der Waals surface area contributed by atoms with Crippen LogP contribution >= 0.6 is 0 Å². The van der Waals surface area contributed by atoms with Gasteiger partial charge in [-0.3, -0.25) is 0 Å². The highest BCUT2D eigenvalue weighted by atomic mass is 16.6.